The quantitative estimate of drug-likeness (QED) is 0.773. The van der Waals surface area contributed by atoms with Crippen molar-refractivity contribution in [1.29, 1.82) is 0 Å². The molecule has 0 heterocycles. The molecule has 0 amide bonds. The Bertz CT molecular complexity index is 576. The van der Waals surface area contributed by atoms with Gasteiger partial charge in [0.05, 0.1) is 6.54 Å². The van der Waals surface area contributed by atoms with Crippen molar-refractivity contribution in [3.63, 3.8) is 0 Å². The summed E-state index contributed by atoms with van der Waals surface area (Å²) in [6.45, 7) is 0.0820. The predicted octanol–water partition coefficient (Wildman–Crippen LogP) is 2.08. The summed E-state index contributed by atoms with van der Waals surface area (Å²) in [7, 11) is 0. The maximum Gasteiger partial charge on any atom is 0.177 e. The summed E-state index contributed by atoms with van der Waals surface area (Å²) < 4.78 is 0. The van der Waals surface area contributed by atoms with E-state index in [-0.39, 0.29) is 12.3 Å². The van der Waals surface area contributed by atoms with Crippen molar-refractivity contribution in [3.8, 4) is 0 Å². The average Bonchev–Trinajstić information content (AvgIpc) is 2.74. The summed E-state index contributed by atoms with van der Waals surface area (Å²) in [6.07, 6.45) is 2.18. The van der Waals surface area contributed by atoms with E-state index < -0.39 is 0 Å². The fourth-order valence-corrected chi connectivity index (χ4v) is 2.60. The zero-order chi connectivity index (χ0) is 11.1. The van der Waals surface area contributed by atoms with E-state index in [4.69, 9.17) is 5.73 Å². The first-order chi connectivity index (χ1) is 7.81. The number of hydrogen-bond acceptors (Lipinski definition) is 2. The molecule has 16 heavy (non-hydrogen) atoms. The van der Waals surface area contributed by atoms with Gasteiger partial charge in [0, 0.05) is 5.56 Å². The van der Waals surface area contributed by atoms with Gasteiger partial charge in [-0.3, -0.25) is 4.79 Å². The van der Waals surface area contributed by atoms with Crippen LogP contribution in [0.2, 0.25) is 0 Å². The summed E-state index contributed by atoms with van der Waals surface area (Å²) in [4.78, 5) is 11.7. The lowest BCUT2D eigenvalue weighted by Gasteiger charge is -2.06. The molecule has 1 aliphatic carbocycles. The number of aryl methyl sites for hydroxylation is 2. The van der Waals surface area contributed by atoms with Crippen LogP contribution >= 0.6 is 0 Å². The molecule has 3 rings (SSSR count). The molecule has 2 aromatic rings. The summed E-state index contributed by atoms with van der Waals surface area (Å²) >= 11 is 0. The molecule has 2 aromatic carbocycles. The lowest BCUT2D eigenvalue weighted by molar-refractivity contribution is 0.100. The van der Waals surface area contributed by atoms with Crippen LogP contribution in [0.1, 0.15) is 21.5 Å². The van der Waals surface area contributed by atoms with Crippen LogP contribution in [0.4, 0.5) is 0 Å². The molecular weight excluding hydrogens is 198 g/mol. The van der Waals surface area contributed by atoms with E-state index in [2.05, 4.69) is 12.1 Å². The maximum absolute atomic E-state index is 11.7. The van der Waals surface area contributed by atoms with E-state index in [0.29, 0.717) is 0 Å². The SMILES string of the molecule is NCC(=O)c1ccc2c3c(cccc13)CC2. The lowest BCUT2D eigenvalue weighted by Crippen LogP contribution is -2.13. The summed E-state index contributed by atoms with van der Waals surface area (Å²) in [5, 5.41) is 2.35. The third-order valence-corrected chi connectivity index (χ3v) is 3.36. The normalized spacial score (nSPS) is 13.3. The Hall–Kier alpha value is -1.67. The topological polar surface area (TPSA) is 43.1 Å². The smallest absolute Gasteiger partial charge is 0.177 e. The second-order valence-corrected chi connectivity index (χ2v) is 4.24. The zero-order valence-electron chi connectivity index (χ0n) is 8.99. The van der Waals surface area contributed by atoms with Crippen molar-refractivity contribution in [2.24, 2.45) is 5.73 Å². The fourth-order valence-electron chi connectivity index (χ4n) is 2.60. The molecule has 0 fully saturated rings. The van der Waals surface area contributed by atoms with Crippen molar-refractivity contribution in [3.05, 3.63) is 47.0 Å². The molecule has 1 aliphatic rings. The van der Waals surface area contributed by atoms with Crippen LogP contribution < -0.4 is 5.73 Å². The highest BCUT2D eigenvalue weighted by atomic mass is 16.1. The van der Waals surface area contributed by atoms with E-state index in [1.807, 2.05) is 18.2 Å². The van der Waals surface area contributed by atoms with Crippen LogP contribution in [-0.4, -0.2) is 12.3 Å². The minimum atomic E-state index is 0.0237. The van der Waals surface area contributed by atoms with Gasteiger partial charge in [-0.2, -0.15) is 0 Å². The predicted molar refractivity (Wildman–Crippen MR) is 64.7 cm³/mol. The molecule has 0 bridgehead atoms. The van der Waals surface area contributed by atoms with Crippen molar-refractivity contribution in [2.45, 2.75) is 12.8 Å². The lowest BCUT2D eigenvalue weighted by atomic mass is 9.97. The number of carbonyl (C=O) groups is 1. The molecule has 0 aromatic heterocycles. The zero-order valence-corrected chi connectivity index (χ0v) is 8.99. The van der Waals surface area contributed by atoms with E-state index in [0.717, 1.165) is 23.8 Å². The number of nitrogens with two attached hydrogens (primary N) is 1. The summed E-state index contributed by atoms with van der Waals surface area (Å²) in [6, 6.07) is 10.2. The Morgan fingerprint density at radius 3 is 2.62 bits per heavy atom. The largest absolute Gasteiger partial charge is 0.324 e. The molecule has 2 N–H and O–H groups in total. The maximum atomic E-state index is 11.7. The molecule has 0 saturated heterocycles. The molecule has 0 saturated carbocycles. The Kier molecular flexibility index (Phi) is 2.04. The highest BCUT2D eigenvalue weighted by Gasteiger charge is 2.17. The van der Waals surface area contributed by atoms with Gasteiger partial charge in [0.2, 0.25) is 0 Å². The third kappa shape index (κ3) is 1.20. The van der Waals surface area contributed by atoms with Crippen molar-refractivity contribution >= 4 is 16.6 Å². The van der Waals surface area contributed by atoms with Crippen LogP contribution in [-0.2, 0) is 12.8 Å². The Morgan fingerprint density at radius 1 is 1.12 bits per heavy atom. The first kappa shape index (κ1) is 9.55. The van der Waals surface area contributed by atoms with Gasteiger partial charge in [0.1, 0.15) is 0 Å². The second-order valence-electron chi connectivity index (χ2n) is 4.24. The molecular formula is C14H13NO. The minimum absolute atomic E-state index is 0.0237. The fraction of sp³-hybridized carbons (Fsp3) is 0.214. The first-order valence-electron chi connectivity index (χ1n) is 5.58. The molecule has 2 heteroatoms. The highest BCUT2D eigenvalue weighted by Crippen LogP contribution is 2.32. The van der Waals surface area contributed by atoms with Gasteiger partial charge in [-0.25, -0.2) is 0 Å². The Balaban J connectivity index is 2.38. The summed E-state index contributed by atoms with van der Waals surface area (Å²) in [5.41, 5.74) is 8.93. The second kappa shape index (κ2) is 3.42. The minimum Gasteiger partial charge on any atom is -0.324 e. The van der Waals surface area contributed by atoms with Crippen LogP contribution in [0.15, 0.2) is 30.3 Å². The third-order valence-electron chi connectivity index (χ3n) is 3.36. The Labute approximate surface area is 94.1 Å². The van der Waals surface area contributed by atoms with Gasteiger partial charge in [-0.05, 0) is 34.7 Å². The molecule has 0 aliphatic heterocycles. The molecule has 0 spiro atoms. The number of ketones is 1. The Morgan fingerprint density at radius 2 is 1.88 bits per heavy atom. The highest BCUT2D eigenvalue weighted by molar-refractivity contribution is 6.10. The average molecular weight is 211 g/mol. The van der Waals surface area contributed by atoms with Crippen LogP contribution in [0, 0.1) is 0 Å². The van der Waals surface area contributed by atoms with Gasteiger partial charge in [-0.1, -0.05) is 30.3 Å². The van der Waals surface area contributed by atoms with Gasteiger partial charge in [0.25, 0.3) is 0 Å². The van der Waals surface area contributed by atoms with Crippen LogP contribution in [0.3, 0.4) is 0 Å². The van der Waals surface area contributed by atoms with Gasteiger partial charge in [-0.15, -0.1) is 0 Å². The molecule has 80 valence electrons. The first-order valence-corrected chi connectivity index (χ1v) is 5.58. The van der Waals surface area contributed by atoms with E-state index in [9.17, 15) is 4.79 Å². The number of rotatable bonds is 2. The number of Topliss-reactive ketones (excluding diaryl/α,β-unsaturated/α-hetero) is 1. The van der Waals surface area contributed by atoms with Gasteiger partial charge in [0.15, 0.2) is 5.78 Å². The number of benzene rings is 2. The van der Waals surface area contributed by atoms with Crippen LogP contribution in [0.25, 0.3) is 10.8 Å². The summed E-state index contributed by atoms with van der Waals surface area (Å²) in [5.74, 6) is 0.0237. The van der Waals surface area contributed by atoms with E-state index >= 15 is 0 Å². The van der Waals surface area contributed by atoms with Crippen molar-refractivity contribution in [1.82, 2.24) is 0 Å². The number of carbonyl (C=O) groups excluding carboxylic acids is 1. The van der Waals surface area contributed by atoms with Gasteiger partial charge < -0.3 is 5.73 Å². The van der Waals surface area contributed by atoms with E-state index in [1.54, 1.807) is 0 Å². The molecule has 0 atom stereocenters. The molecule has 0 unspecified atom stereocenters. The van der Waals surface area contributed by atoms with Crippen molar-refractivity contribution in [2.75, 3.05) is 6.54 Å². The molecule has 2 nitrogen and oxygen atoms in total. The van der Waals surface area contributed by atoms with E-state index in [1.165, 1.54) is 16.5 Å². The van der Waals surface area contributed by atoms with Crippen molar-refractivity contribution < 1.29 is 4.79 Å². The molecule has 0 radical (unpaired) electrons. The standard InChI is InChI=1S/C14H13NO/c15-8-13(16)11-7-6-10-5-4-9-2-1-3-12(11)14(9)10/h1-3,6-7H,4-5,8,15H2. The van der Waals surface area contributed by atoms with Gasteiger partial charge >= 0.3 is 0 Å². The van der Waals surface area contributed by atoms with Crippen LogP contribution in [0.5, 0.6) is 0 Å². The monoisotopic (exact) mass is 211 g/mol. The number of hydrogen-bond donors (Lipinski definition) is 1.